The van der Waals surface area contributed by atoms with Gasteiger partial charge in [0.15, 0.2) is 16.6 Å². The van der Waals surface area contributed by atoms with Crippen LogP contribution in [0.1, 0.15) is 15.9 Å². The Morgan fingerprint density at radius 3 is 2.76 bits per heavy atom. The van der Waals surface area contributed by atoms with Gasteiger partial charge in [0.05, 0.1) is 12.1 Å². The van der Waals surface area contributed by atoms with Crippen molar-refractivity contribution in [3.05, 3.63) is 81.9 Å². The van der Waals surface area contributed by atoms with E-state index in [2.05, 4.69) is 20.9 Å². The van der Waals surface area contributed by atoms with Crippen LogP contribution >= 0.6 is 15.9 Å². The first-order chi connectivity index (χ1) is 14.0. The highest BCUT2D eigenvalue weighted by atomic mass is 79.9. The lowest BCUT2D eigenvalue weighted by Crippen LogP contribution is -2.23. The smallest absolute Gasteiger partial charge is 0.338 e. The van der Waals surface area contributed by atoms with E-state index in [0.29, 0.717) is 29.1 Å². The van der Waals surface area contributed by atoms with Crippen LogP contribution in [0.3, 0.4) is 0 Å². The van der Waals surface area contributed by atoms with Gasteiger partial charge >= 0.3 is 5.97 Å². The molecule has 0 aliphatic rings. The monoisotopic (exact) mass is 451 g/mol. The normalized spacial score (nSPS) is 11.0. The van der Waals surface area contributed by atoms with Crippen molar-refractivity contribution in [2.75, 3.05) is 6.61 Å². The van der Waals surface area contributed by atoms with Gasteiger partial charge < -0.3 is 13.7 Å². The number of halogens is 1. The van der Waals surface area contributed by atoms with Crippen molar-refractivity contribution in [3.8, 4) is 11.5 Å². The zero-order valence-corrected chi connectivity index (χ0v) is 17.3. The second-order valence-electron chi connectivity index (χ2n) is 6.50. The summed E-state index contributed by atoms with van der Waals surface area (Å²) < 4.78 is 13.8. The molecule has 2 aromatic heterocycles. The van der Waals surface area contributed by atoms with Crippen LogP contribution in [0.5, 0.6) is 0 Å². The van der Waals surface area contributed by atoms with Crippen LogP contribution in [-0.4, -0.2) is 22.1 Å². The molecule has 2 heterocycles. The Morgan fingerprint density at radius 1 is 1.17 bits per heavy atom. The Kier molecular flexibility index (Phi) is 5.31. The van der Waals surface area contributed by atoms with Crippen molar-refractivity contribution in [2.45, 2.75) is 13.5 Å². The number of pyridine rings is 1. The molecule has 4 aromatic rings. The Balaban J connectivity index is 1.54. The number of fused-ring (bicyclic) bond motifs is 1. The number of oxazole rings is 1. The number of rotatable bonds is 5. The van der Waals surface area contributed by atoms with Crippen LogP contribution in [0.25, 0.3) is 22.6 Å². The van der Waals surface area contributed by atoms with Crippen molar-refractivity contribution >= 4 is 33.0 Å². The maximum atomic E-state index is 12.0. The van der Waals surface area contributed by atoms with E-state index in [1.165, 1.54) is 0 Å². The lowest BCUT2D eigenvalue weighted by Gasteiger charge is -2.08. The molecule has 0 aliphatic carbocycles. The molecule has 0 bridgehead atoms. The number of esters is 1. The quantitative estimate of drug-likeness (QED) is 0.445. The summed E-state index contributed by atoms with van der Waals surface area (Å²) in [7, 11) is 0. The molecular weight excluding hydrogens is 434 g/mol. The summed E-state index contributed by atoms with van der Waals surface area (Å²) in [6, 6.07) is 16.4. The van der Waals surface area contributed by atoms with Crippen LogP contribution in [0.2, 0.25) is 0 Å². The molecule has 0 amide bonds. The summed E-state index contributed by atoms with van der Waals surface area (Å²) in [5.74, 6) is 0.0909. The van der Waals surface area contributed by atoms with Crippen LogP contribution in [0, 0.1) is 12.3 Å². The molecule has 0 atom stereocenters. The molecular formula is C22H18BrN3O3. The highest BCUT2D eigenvalue weighted by molar-refractivity contribution is 9.10. The van der Waals surface area contributed by atoms with Gasteiger partial charge in [-0.25, -0.2) is 9.78 Å². The van der Waals surface area contributed by atoms with Gasteiger partial charge in [-0.2, -0.15) is 0 Å². The summed E-state index contributed by atoms with van der Waals surface area (Å²) in [5, 5.41) is 8.45. The first-order valence-corrected chi connectivity index (χ1v) is 9.86. The molecule has 0 unspecified atom stereocenters. The topological polar surface area (TPSA) is 81.1 Å². The number of carbonyl (C=O) groups is 1. The van der Waals surface area contributed by atoms with Crippen LogP contribution in [0.15, 0.2) is 69.7 Å². The van der Waals surface area contributed by atoms with Crippen LogP contribution in [-0.2, 0) is 11.3 Å². The molecule has 6 nitrogen and oxygen atoms in total. The first kappa shape index (κ1) is 19.1. The average Bonchev–Trinajstić information content (AvgIpc) is 3.17. The lowest BCUT2D eigenvalue weighted by molar-refractivity contribution is 0.0490. The standard InChI is InChI=1S/C22H18BrN3O3/c1-14-16(8-5-9-17(14)23)21-25-19-18(29-21)10-11-26(20(19)24)12-13-28-22(27)15-6-3-2-4-7-15/h2-11,24H,12-13H2,1H3. The number of ether oxygens (including phenoxy) is 1. The molecule has 2 aromatic carbocycles. The van der Waals surface area contributed by atoms with Gasteiger partial charge in [0.1, 0.15) is 6.61 Å². The number of hydrogen-bond donors (Lipinski definition) is 1. The SMILES string of the molecule is Cc1c(Br)cccc1-c1nc2c(=N)n(CCOC(=O)c3ccccc3)ccc2o1. The average molecular weight is 452 g/mol. The van der Waals surface area contributed by atoms with Gasteiger partial charge in [0, 0.05) is 16.2 Å². The van der Waals surface area contributed by atoms with Gasteiger partial charge in [-0.05, 0) is 42.8 Å². The van der Waals surface area contributed by atoms with Crippen molar-refractivity contribution in [3.63, 3.8) is 0 Å². The minimum atomic E-state index is -0.382. The fourth-order valence-corrected chi connectivity index (χ4v) is 3.38. The zero-order valence-electron chi connectivity index (χ0n) is 15.7. The number of nitrogens with zero attached hydrogens (tertiary/aromatic N) is 2. The maximum Gasteiger partial charge on any atom is 0.338 e. The Bertz CT molecular complexity index is 1250. The predicted octanol–water partition coefficient (Wildman–Crippen LogP) is 4.70. The summed E-state index contributed by atoms with van der Waals surface area (Å²) >= 11 is 3.52. The third-order valence-electron chi connectivity index (χ3n) is 4.64. The predicted molar refractivity (Wildman–Crippen MR) is 112 cm³/mol. The second kappa shape index (κ2) is 8.05. The van der Waals surface area contributed by atoms with Gasteiger partial charge in [0.25, 0.3) is 0 Å². The van der Waals surface area contributed by atoms with Gasteiger partial charge in [-0.15, -0.1) is 0 Å². The second-order valence-corrected chi connectivity index (χ2v) is 7.36. The molecule has 0 fully saturated rings. The van der Waals surface area contributed by atoms with Crippen LogP contribution in [0.4, 0.5) is 0 Å². The number of carbonyl (C=O) groups excluding carboxylic acids is 1. The van der Waals surface area contributed by atoms with Crippen molar-refractivity contribution in [1.29, 1.82) is 5.41 Å². The highest BCUT2D eigenvalue weighted by Gasteiger charge is 2.14. The maximum absolute atomic E-state index is 12.0. The number of nitrogens with one attached hydrogen (secondary N) is 1. The number of aromatic nitrogens is 2. The molecule has 0 saturated heterocycles. The van der Waals surface area contributed by atoms with E-state index in [0.717, 1.165) is 15.6 Å². The van der Waals surface area contributed by atoms with E-state index < -0.39 is 0 Å². The van der Waals surface area contributed by atoms with E-state index in [4.69, 9.17) is 14.6 Å². The Labute approximate surface area is 175 Å². The fraction of sp³-hybridized carbons (Fsp3) is 0.136. The molecule has 4 rings (SSSR count). The first-order valence-electron chi connectivity index (χ1n) is 9.07. The van der Waals surface area contributed by atoms with Crippen molar-refractivity contribution in [2.24, 2.45) is 0 Å². The zero-order chi connectivity index (χ0) is 20.4. The Hall–Kier alpha value is -3.19. The minimum absolute atomic E-state index is 0.158. The number of hydrogen-bond acceptors (Lipinski definition) is 5. The van der Waals surface area contributed by atoms with Crippen LogP contribution < -0.4 is 5.49 Å². The van der Waals surface area contributed by atoms with Gasteiger partial charge in [0.2, 0.25) is 5.89 Å². The molecule has 0 spiro atoms. The summed E-state index contributed by atoms with van der Waals surface area (Å²) in [5.41, 5.74) is 3.62. The van der Waals surface area contributed by atoms with Crippen molar-refractivity contribution in [1.82, 2.24) is 9.55 Å². The largest absolute Gasteiger partial charge is 0.460 e. The van der Waals surface area contributed by atoms with Gasteiger partial charge in [-0.3, -0.25) is 5.41 Å². The summed E-state index contributed by atoms with van der Waals surface area (Å²) in [4.78, 5) is 16.6. The van der Waals surface area contributed by atoms with E-state index in [9.17, 15) is 4.79 Å². The third-order valence-corrected chi connectivity index (χ3v) is 5.50. The van der Waals surface area contributed by atoms with E-state index >= 15 is 0 Å². The molecule has 146 valence electrons. The summed E-state index contributed by atoms with van der Waals surface area (Å²) in [6.07, 6.45) is 1.74. The van der Waals surface area contributed by atoms with Crippen molar-refractivity contribution < 1.29 is 13.9 Å². The van der Waals surface area contributed by atoms with E-state index in [1.54, 1.807) is 41.1 Å². The molecule has 7 heteroatoms. The minimum Gasteiger partial charge on any atom is -0.460 e. The third kappa shape index (κ3) is 3.86. The Morgan fingerprint density at radius 2 is 1.97 bits per heavy atom. The molecule has 29 heavy (non-hydrogen) atoms. The lowest BCUT2D eigenvalue weighted by atomic mass is 10.1. The molecule has 0 aliphatic heterocycles. The fourth-order valence-electron chi connectivity index (χ4n) is 3.02. The highest BCUT2D eigenvalue weighted by Crippen LogP contribution is 2.29. The van der Waals surface area contributed by atoms with E-state index in [1.807, 2.05) is 31.2 Å². The number of benzene rings is 2. The van der Waals surface area contributed by atoms with Gasteiger partial charge in [-0.1, -0.05) is 40.2 Å². The molecule has 0 saturated carbocycles. The molecule has 0 radical (unpaired) electrons. The van der Waals surface area contributed by atoms with E-state index in [-0.39, 0.29) is 18.1 Å². The molecule has 1 N–H and O–H groups in total. The summed E-state index contributed by atoms with van der Waals surface area (Å²) in [6.45, 7) is 2.49.